The van der Waals surface area contributed by atoms with E-state index in [-0.39, 0.29) is 16.7 Å². The van der Waals surface area contributed by atoms with Crippen molar-refractivity contribution >= 4 is 31.6 Å². The zero-order valence-corrected chi connectivity index (χ0v) is 15.0. The third kappa shape index (κ3) is 2.72. The van der Waals surface area contributed by atoms with E-state index in [1.165, 1.54) is 23.5 Å². The molecule has 0 fully saturated rings. The van der Waals surface area contributed by atoms with E-state index >= 15 is 0 Å². The van der Waals surface area contributed by atoms with Gasteiger partial charge >= 0.3 is 0 Å². The molecule has 0 unspecified atom stereocenters. The first-order chi connectivity index (χ1) is 10.8. The van der Waals surface area contributed by atoms with Crippen LogP contribution in [-0.4, -0.2) is 21.6 Å². The summed E-state index contributed by atoms with van der Waals surface area (Å²) >= 11 is 3.39. The van der Waals surface area contributed by atoms with Crippen molar-refractivity contribution in [3.63, 3.8) is 0 Å². The second kappa shape index (κ2) is 5.79. The Hall–Kier alpha value is -1.60. The minimum atomic E-state index is -3.93. The van der Waals surface area contributed by atoms with Gasteiger partial charge in [-0.15, -0.1) is 0 Å². The number of hydrogen-bond donors (Lipinski definition) is 0. The molecular weight excluding hydrogens is 385 g/mol. The number of halogens is 2. The zero-order chi connectivity index (χ0) is 16.8. The minimum absolute atomic E-state index is 0.129. The number of ether oxygens (including phenoxy) is 1. The van der Waals surface area contributed by atoms with Gasteiger partial charge in [0, 0.05) is 10.5 Å². The van der Waals surface area contributed by atoms with Crippen molar-refractivity contribution in [2.24, 2.45) is 0 Å². The number of rotatable bonds is 3. The number of methoxy groups -OCH3 is 1. The normalized spacial score (nSPS) is 17.2. The van der Waals surface area contributed by atoms with E-state index in [2.05, 4.69) is 15.9 Å². The topological polar surface area (TPSA) is 46.6 Å². The maximum absolute atomic E-state index is 13.6. The first kappa shape index (κ1) is 16.3. The van der Waals surface area contributed by atoms with Gasteiger partial charge in [-0.1, -0.05) is 15.9 Å². The average Bonchev–Trinajstić information content (AvgIpc) is 2.82. The number of anilines is 1. The lowest BCUT2D eigenvalue weighted by Gasteiger charge is -2.25. The molecule has 4 nitrogen and oxygen atoms in total. The fraction of sp³-hybridized carbons (Fsp3) is 0.250. The summed E-state index contributed by atoms with van der Waals surface area (Å²) in [5.74, 6) is -0.489. The number of hydrogen-bond acceptors (Lipinski definition) is 3. The van der Waals surface area contributed by atoms with Crippen LogP contribution in [-0.2, 0) is 16.4 Å². The van der Waals surface area contributed by atoms with Crippen LogP contribution in [0.5, 0.6) is 5.75 Å². The predicted octanol–water partition coefficient (Wildman–Crippen LogP) is 3.74. The lowest BCUT2D eigenvalue weighted by molar-refractivity contribution is 0.400. The number of sulfonamides is 1. The van der Waals surface area contributed by atoms with Crippen LogP contribution >= 0.6 is 15.9 Å². The molecule has 2 aromatic rings. The monoisotopic (exact) mass is 399 g/mol. The number of fused-ring (bicyclic) bond motifs is 1. The summed E-state index contributed by atoms with van der Waals surface area (Å²) in [7, 11) is -2.56. The molecule has 23 heavy (non-hydrogen) atoms. The lowest BCUT2D eigenvalue weighted by atomic mass is 10.1. The summed E-state index contributed by atoms with van der Waals surface area (Å²) in [6.45, 7) is 1.83. The van der Waals surface area contributed by atoms with E-state index in [4.69, 9.17) is 4.74 Å². The number of nitrogens with zero attached hydrogens (tertiary/aromatic N) is 1. The van der Waals surface area contributed by atoms with Gasteiger partial charge in [0.25, 0.3) is 10.0 Å². The van der Waals surface area contributed by atoms with Crippen LogP contribution < -0.4 is 9.04 Å². The lowest BCUT2D eigenvalue weighted by Crippen LogP contribution is -2.36. The van der Waals surface area contributed by atoms with Crippen LogP contribution in [0.2, 0.25) is 0 Å². The highest BCUT2D eigenvalue weighted by Crippen LogP contribution is 2.39. The third-order valence-electron chi connectivity index (χ3n) is 3.86. The summed E-state index contributed by atoms with van der Waals surface area (Å²) in [4.78, 5) is -0.164. The predicted molar refractivity (Wildman–Crippen MR) is 89.9 cm³/mol. The van der Waals surface area contributed by atoms with Crippen molar-refractivity contribution in [1.82, 2.24) is 0 Å². The summed E-state index contributed by atoms with van der Waals surface area (Å²) in [5, 5.41) is 0. The maximum atomic E-state index is 13.6. The van der Waals surface area contributed by atoms with Crippen LogP contribution in [0.4, 0.5) is 10.1 Å². The Bertz CT molecular complexity index is 870. The second-order valence-electron chi connectivity index (χ2n) is 5.42. The van der Waals surface area contributed by atoms with Gasteiger partial charge in [0.1, 0.15) is 16.5 Å². The average molecular weight is 400 g/mol. The largest absolute Gasteiger partial charge is 0.495 e. The molecule has 1 aliphatic heterocycles. The molecule has 1 heterocycles. The molecule has 7 heteroatoms. The molecule has 2 aromatic carbocycles. The van der Waals surface area contributed by atoms with Gasteiger partial charge in [-0.3, -0.25) is 4.31 Å². The third-order valence-corrected chi connectivity index (χ3v) is 6.30. The van der Waals surface area contributed by atoms with Crippen molar-refractivity contribution in [3.05, 3.63) is 52.3 Å². The van der Waals surface area contributed by atoms with Crippen LogP contribution in [0.3, 0.4) is 0 Å². The van der Waals surface area contributed by atoms with Crippen LogP contribution in [0.1, 0.15) is 12.5 Å². The van der Waals surface area contributed by atoms with Gasteiger partial charge in [0.2, 0.25) is 0 Å². The molecule has 0 spiro atoms. The van der Waals surface area contributed by atoms with Crippen molar-refractivity contribution in [1.29, 1.82) is 0 Å². The Labute approximate surface area is 143 Å². The summed E-state index contributed by atoms with van der Waals surface area (Å²) in [6, 6.07) is 8.70. The highest BCUT2D eigenvalue weighted by Gasteiger charge is 2.37. The summed E-state index contributed by atoms with van der Waals surface area (Å²) in [5.41, 5.74) is 1.55. The highest BCUT2D eigenvalue weighted by atomic mass is 79.9. The molecular formula is C16H15BrFNO3S. The fourth-order valence-electron chi connectivity index (χ4n) is 2.90. The minimum Gasteiger partial charge on any atom is -0.495 e. The summed E-state index contributed by atoms with van der Waals surface area (Å²) in [6.07, 6.45) is 0.603. The van der Waals surface area contributed by atoms with Gasteiger partial charge in [-0.2, -0.15) is 0 Å². The molecule has 1 atom stereocenters. The zero-order valence-electron chi connectivity index (χ0n) is 12.6. The van der Waals surface area contributed by atoms with Gasteiger partial charge in [0.05, 0.1) is 12.8 Å². The Morgan fingerprint density at radius 3 is 2.70 bits per heavy atom. The Kier molecular flexibility index (Phi) is 4.10. The standard InChI is InChI=1S/C16H15BrFNO3S/c1-10-7-11-8-12(17)3-5-14(11)19(10)23(20,21)16-9-13(18)4-6-15(16)22-2/h3-6,8-10H,7H2,1-2H3/t10-/m0/s1. The molecule has 0 aliphatic carbocycles. The second-order valence-corrected chi connectivity index (χ2v) is 8.12. The molecule has 0 saturated heterocycles. The molecule has 0 radical (unpaired) electrons. The summed E-state index contributed by atoms with van der Waals surface area (Å²) < 4.78 is 47.1. The SMILES string of the molecule is COc1ccc(F)cc1S(=O)(=O)N1c2ccc(Br)cc2C[C@@H]1C. The van der Waals surface area contributed by atoms with Crippen LogP contribution in [0.25, 0.3) is 0 Å². The Balaban J connectivity index is 2.17. The first-order valence-electron chi connectivity index (χ1n) is 7.01. The van der Waals surface area contributed by atoms with Crippen molar-refractivity contribution < 1.29 is 17.5 Å². The van der Waals surface area contributed by atoms with E-state index in [0.717, 1.165) is 16.1 Å². The number of benzene rings is 2. The molecule has 0 N–H and O–H groups in total. The van der Waals surface area contributed by atoms with E-state index in [1.807, 2.05) is 13.0 Å². The smallest absolute Gasteiger partial charge is 0.268 e. The van der Waals surface area contributed by atoms with Gasteiger partial charge in [0.15, 0.2) is 0 Å². The maximum Gasteiger partial charge on any atom is 0.268 e. The molecule has 122 valence electrons. The van der Waals surface area contributed by atoms with Crippen molar-refractivity contribution in [2.45, 2.75) is 24.3 Å². The molecule has 1 aliphatic rings. The quantitative estimate of drug-likeness (QED) is 0.789. The van der Waals surface area contributed by atoms with Crippen molar-refractivity contribution in [3.8, 4) is 5.75 Å². The molecule has 0 saturated carbocycles. The fourth-order valence-corrected chi connectivity index (χ4v) is 5.17. The van der Waals surface area contributed by atoms with Gasteiger partial charge in [-0.25, -0.2) is 12.8 Å². The molecule has 0 aromatic heterocycles. The van der Waals surface area contributed by atoms with E-state index < -0.39 is 15.8 Å². The van der Waals surface area contributed by atoms with Crippen molar-refractivity contribution in [2.75, 3.05) is 11.4 Å². The van der Waals surface area contributed by atoms with E-state index in [0.29, 0.717) is 12.1 Å². The molecule has 3 rings (SSSR count). The molecule has 0 amide bonds. The van der Waals surface area contributed by atoms with Gasteiger partial charge < -0.3 is 4.74 Å². The highest BCUT2D eigenvalue weighted by molar-refractivity contribution is 9.10. The molecule has 0 bridgehead atoms. The Morgan fingerprint density at radius 1 is 1.26 bits per heavy atom. The van der Waals surface area contributed by atoms with E-state index in [1.54, 1.807) is 12.1 Å². The first-order valence-corrected chi connectivity index (χ1v) is 9.24. The Morgan fingerprint density at radius 2 is 2.00 bits per heavy atom. The van der Waals surface area contributed by atoms with Crippen LogP contribution in [0, 0.1) is 5.82 Å². The van der Waals surface area contributed by atoms with E-state index in [9.17, 15) is 12.8 Å². The van der Waals surface area contributed by atoms with Gasteiger partial charge in [-0.05, 0) is 55.3 Å². The van der Waals surface area contributed by atoms with Crippen LogP contribution in [0.15, 0.2) is 45.8 Å².